The van der Waals surface area contributed by atoms with Crippen molar-refractivity contribution in [1.29, 1.82) is 0 Å². The summed E-state index contributed by atoms with van der Waals surface area (Å²) in [7, 11) is 0. The molecule has 0 unspecified atom stereocenters. The molecule has 0 aliphatic rings. The Balaban J connectivity index is 1.32. The van der Waals surface area contributed by atoms with Crippen LogP contribution >= 0.6 is 11.3 Å². The number of ketones is 1. The Morgan fingerprint density at radius 2 is 2.00 bits per heavy atom. The maximum Gasteiger partial charge on any atom is 0.306 e. The van der Waals surface area contributed by atoms with Gasteiger partial charge in [-0.25, -0.2) is 4.98 Å². The van der Waals surface area contributed by atoms with Crippen molar-refractivity contribution in [3.8, 4) is 0 Å². The topological polar surface area (TPSA) is 74.3 Å². The Hall–Kier alpha value is -3.19. The van der Waals surface area contributed by atoms with Gasteiger partial charge in [0.1, 0.15) is 5.76 Å². The number of furan rings is 1. The first-order valence-corrected chi connectivity index (χ1v) is 10.6. The highest BCUT2D eigenvalue weighted by atomic mass is 32.1. The molecule has 0 amide bonds. The van der Waals surface area contributed by atoms with Crippen LogP contribution in [0.1, 0.15) is 38.9 Å². The van der Waals surface area contributed by atoms with Gasteiger partial charge in [0.2, 0.25) is 5.78 Å². The van der Waals surface area contributed by atoms with Gasteiger partial charge in [-0.1, -0.05) is 12.1 Å². The zero-order valence-corrected chi connectivity index (χ0v) is 17.7. The van der Waals surface area contributed by atoms with Gasteiger partial charge >= 0.3 is 5.97 Å². The van der Waals surface area contributed by atoms with Gasteiger partial charge in [-0.3, -0.25) is 9.59 Å². The van der Waals surface area contributed by atoms with Crippen molar-refractivity contribution in [3.63, 3.8) is 0 Å². The highest BCUT2D eigenvalue weighted by Crippen LogP contribution is 2.22. The normalized spacial score (nSPS) is 11.1. The monoisotopic (exact) mass is 422 g/mol. The molecule has 0 saturated carbocycles. The molecule has 30 heavy (non-hydrogen) atoms. The number of esters is 1. The van der Waals surface area contributed by atoms with Crippen LogP contribution in [0.5, 0.6) is 0 Å². The molecule has 0 fully saturated rings. The molecule has 0 aliphatic heterocycles. The molecule has 0 saturated heterocycles. The molecule has 4 rings (SSSR count). The van der Waals surface area contributed by atoms with Gasteiger partial charge in [-0.15, -0.1) is 11.3 Å². The molecule has 0 radical (unpaired) electrons. The number of rotatable bonds is 8. The average Bonchev–Trinajstić information content (AvgIpc) is 3.46. The largest absolute Gasteiger partial charge is 0.467 e. The molecule has 0 spiro atoms. The number of nitrogens with zero attached hydrogens (tertiary/aromatic N) is 2. The summed E-state index contributed by atoms with van der Waals surface area (Å²) in [6.45, 7) is 4.12. The van der Waals surface area contributed by atoms with E-state index in [0.29, 0.717) is 18.5 Å². The van der Waals surface area contributed by atoms with Crippen LogP contribution in [0.2, 0.25) is 0 Å². The van der Waals surface area contributed by atoms with Crippen molar-refractivity contribution >= 4 is 33.3 Å². The van der Waals surface area contributed by atoms with Crippen LogP contribution in [0.15, 0.2) is 53.1 Å². The number of para-hydroxylation sites is 1. The number of aromatic nitrogens is 2. The highest BCUT2D eigenvalue weighted by Gasteiger charge is 2.18. The lowest BCUT2D eigenvalue weighted by Crippen LogP contribution is -2.15. The zero-order chi connectivity index (χ0) is 21.1. The lowest BCUT2D eigenvalue weighted by Gasteiger charge is -2.08. The summed E-state index contributed by atoms with van der Waals surface area (Å²) >= 11 is 1.57. The molecule has 0 N–H and O–H groups in total. The first-order chi connectivity index (χ1) is 14.5. The molecule has 6 nitrogen and oxygen atoms in total. The van der Waals surface area contributed by atoms with E-state index in [9.17, 15) is 9.59 Å². The quantitative estimate of drug-likeness (QED) is 0.304. The number of carbonyl (C=O) groups excluding carboxylic acids is 2. The summed E-state index contributed by atoms with van der Waals surface area (Å²) in [5.41, 5.74) is 3.29. The molecule has 1 aromatic carbocycles. The molecule has 3 heterocycles. The number of benzene rings is 1. The van der Waals surface area contributed by atoms with E-state index in [0.717, 1.165) is 32.4 Å². The number of hydrogen-bond acceptors (Lipinski definition) is 6. The van der Waals surface area contributed by atoms with E-state index in [1.54, 1.807) is 17.6 Å². The first kappa shape index (κ1) is 20.1. The third-order valence-corrected chi connectivity index (χ3v) is 6.11. The highest BCUT2D eigenvalue weighted by molar-refractivity contribution is 7.18. The van der Waals surface area contributed by atoms with Crippen LogP contribution in [0.3, 0.4) is 0 Å². The lowest BCUT2D eigenvalue weighted by atomic mass is 10.1. The molecular weight excluding hydrogens is 400 g/mol. The number of aryl methyl sites for hydroxylation is 2. The predicted octanol–water partition coefficient (Wildman–Crippen LogP) is 4.71. The van der Waals surface area contributed by atoms with Gasteiger partial charge in [0, 0.05) is 23.4 Å². The number of thiazole rings is 1. The SMILES string of the molecule is Cc1cc(C(=O)COC(=O)CCc2nc3ccccc3s2)c(C)n1Cc1ccco1. The Bertz CT molecular complexity index is 1150. The van der Waals surface area contributed by atoms with E-state index in [-0.39, 0.29) is 18.8 Å². The minimum absolute atomic E-state index is 0.199. The summed E-state index contributed by atoms with van der Waals surface area (Å²) in [6, 6.07) is 13.4. The number of carbonyl (C=O) groups is 2. The third kappa shape index (κ3) is 4.36. The van der Waals surface area contributed by atoms with Crippen LogP contribution in [-0.4, -0.2) is 27.9 Å². The maximum absolute atomic E-state index is 12.6. The molecule has 0 aliphatic carbocycles. The molecule has 0 atom stereocenters. The minimum atomic E-state index is -0.396. The van der Waals surface area contributed by atoms with Gasteiger partial charge in [0.15, 0.2) is 6.61 Å². The Labute approximate surface area is 178 Å². The lowest BCUT2D eigenvalue weighted by molar-refractivity contribution is -0.142. The van der Waals surface area contributed by atoms with Crippen LogP contribution in [0, 0.1) is 13.8 Å². The Morgan fingerprint density at radius 3 is 2.77 bits per heavy atom. The van der Waals surface area contributed by atoms with E-state index < -0.39 is 5.97 Å². The van der Waals surface area contributed by atoms with Crippen molar-refractivity contribution in [1.82, 2.24) is 9.55 Å². The molecule has 3 aromatic heterocycles. The maximum atomic E-state index is 12.6. The van der Waals surface area contributed by atoms with Crippen LogP contribution in [-0.2, 0) is 22.5 Å². The van der Waals surface area contributed by atoms with Crippen LogP contribution in [0.25, 0.3) is 10.2 Å². The fourth-order valence-corrected chi connectivity index (χ4v) is 4.38. The standard InChI is InChI=1S/C23H22N2O4S/c1-15-12-18(16(2)25(15)13-17-6-5-11-28-17)20(26)14-29-23(27)10-9-22-24-19-7-3-4-8-21(19)30-22/h3-8,11-12H,9-10,13-14H2,1-2H3. The fraction of sp³-hybridized carbons (Fsp3) is 0.261. The minimum Gasteiger partial charge on any atom is -0.467 e. The number of fused-ring (bicyclic) bond motifs is 1. The zero-order valence-electron chi connectivity index (χ0n) is 16.9. The van der Waals surface area contributed by atoms with Gasteiger partial charge in [-0.05, 0) is 44.2 Å². The summed E-state index contributed by atoms with van der Waals surface area (Å²) in [5, 5.41) is 0.890. The number of ether oxygens (including phenoxy) is 1. The van der Waals surface area contributed by atoms with Crippen LogP contribution in [0.4, 0.5) is 0 Å². The Morgan fingerprint density at radius 1 is 1.17 bits per heavy atom. The van der Waals surface area contributed by atoms with E-state index in [1.165, 1.54) is 0 Å². The van der Waals surface area contributed by atoms with Gasteiger partial charge in [0.05, 0.1) is 34.5 Å². The molecular formula is C23H22N2O4S. The summed E-state index contributed by atoms with van der Waals surface area (Å²) in [5.74, 6) is 0.214. The Kier molecular flexibility index (Phi) is 5.81. The third-order valence-electron chi connectivity index (χ3n) is 5.01. The van der Waals surface area contributed by atoms with Crippen molar-refractivity contribution in [2.24, 2.45) is 0 Å². The second-order valence-corrected chi connectivity index (χ2v) is 8.22. The average molecular weight is 423 g/mol. The van der Waals surface area contributed by atoms with Crippen molar-refractivity contribution in [2.75, 3.05) is 6.61 Å². The molecule has 7 heteroatoms. The second-order valence-electron chi connectivity index (χ2n) is 7.11. The van der Waals surface area contributed by atoms with E-state index in [1.807, 2.05) is 60.9 Å². The number of hydrogen-bond donors (Lipinski definition) is 0. The van der Waals surface area contributed by atoms with E-state index in [4.69, 9.17) is 9.15 Å². The predicted molar refractivity (Wildman–Crippen MR) is 115 cm³/mol. The molecule has 0 bridgehead atoms. The van der Waals surface area contributed by atoms with Gasteiger partial charge in [0.25, 0.3) is 0 Å². The summed E-state index contributed by atoms with van der Waals surface area (Å²) in [4.78, 5) is 29.2. The van der Waals surface area contributed by atoms with Crippen molar-refractivity contribution in [3.05, 3.63) is 76.4 Å². The van der Waals surface area contributed by atoms with E-state index >= 15 is 0 Å². The number of Topliss-reactive ketones (excluding diaryl/α,β-unsaturated/α-hetero) is 1. The van der Waals surface area contributed by atoms with Crippen molar-refractivity contribution < 1.29 is 18.7 Å². The first-order valence-electron chi connectivity index (χ1n) is 9.73. The molecule has 4 aromatic rings. The van der Waals surface area contributed by atoms with Gasteiger partial charge in [-0.2, -0.15) is 0 Å². The fourth-order valence-electron chi connectivity index (χ4n) is 3.42. The van der Waals surface area contributed by atoms with Crippen molar-refractivity contribution in [2.45, 2.75) is 33.2 Å². The van der Waals surface area contributed by atoms with E-state index in [2.05, 4.69) is 4.98 Å². The molecule has 154 valence electrons. The smallest absolute Gasteiger partial charge is 0.306 e. The summed E-state index contributed by atoms with van der Waals surface area (Å²) in [6.07, 6.45) is 2.33. The second kappa shape index (κ2) is 8.67. The van der Waals surface area contributed by atoms with Crippen LogP contribution < -0.4 is 0 Å². The summed E-state index contributed by atoms with van der Waals surface area (Å²) < 4.78 is 13.7. The van der Waals surface area contributed by atoms with Gasteiger partial charge < -0.3 is 13.7 Å².